The summed E-state index contributed by atoms with van der Waals surface area (Å²) < 4.78 is 2.24. The van der Waals surface area contributed by atoms with Crippen LogP contribution in [0.3, 0.4) is 0 Å². The zero-order valence-corrected chi connectivity index (χ0v) is 11.4. The van der Waals surface area contributed by atoms with Gasteiger partial charge in [0.25, 0.3) is 0 Å². The van der Waals surface area contributed by atoms with Crippen molar-refractivity contribution >= 4 is 21.7 Å². The highest BCUT2D eigenvalue weighted by molar-refractivity contribution is 9.10. The number of carbonyl (C=O) groups is 1. The fourth-order valence-corrected chi connectivity index (χ4v) is 2.26. The first-order valence-electron chi connectivity index (χ1n) is 5.16. The first-order valence-corrected chi connectivity index (χ1v) is 5.95. The molecule has 0 aliphatic rings. The maximum absolute atomic E-state index is 12.3. The van der Waals surface area contributed by atoms with Gasteiger partial charge in [0.05, 0.1) is 10.7 Å². The van der Waals surface area contributed by atoms with Crippen molar-refractivity contribution in [1.29, 1.82) is 0 Å². The molecule has 0 radical (unpaired) electrons. The minimum atomic E-state index is -0.116. The Bertz CT molecular complexity index is 570. The van der Waals surface area contributed by atoms with Gasteiger partial charge in [0, 0.05) is 13.2 Å². The second-order valence-electron chi connectivity index (χ2n) is 3.97. The topological polar surface area (TPSA) is 47.8 Å². The Hall–Kier alpha value is -1.49. The van der Waals surface area contributed by atoms with Crippen LogP contribution in [-0.2, 0) is 7.05 Å². The quantitative estimate of drug-likeness (QED) is 0.799. The van der Waals surface area contributed by atoms with E-state index in [2.05, 4.69) is 26.0 Å². The Labute approximate surface area is 108 Å². The van der Waals surface area contributed by atoms with E-state index in [1.807, 2.05) is 19.9 Å². The molecule has 4 nitrogen and oxygen atoms in total. The molecule has 0 aliphatic carbocycles. The van der Waals surface area contributed by atoms with Crippen molar-refractivity contribution in [2.75, 3.05) is 0 Å². The van der Waals surface area contributed by atoms with Crippen LogP contribution in [0.15, 0.2) is 22.9 Å². The van der Waals surface area contributed by atoms with Crippen molar-refractivity contribution < 1.29 is 4.79 Å². The molecule has 88 valence electrons. The van der Waals surface area contributed by atoms with Crippen molar-refractivity contribution in [3.8, 4) is 0 Å². The third-order valence-corrected chi connectivity index (χ3v) is 3.12. The fourth-order valence-electron chi connectivity index (χ4n) is 1.73. The van der Waals surface area contributed by atoms with Crippen LogP contribution >= 0.6 is 15.9 Å². The standard InChI is InChI=1S/C12H12BrN3O/c1-7-4-8(2)10(14-5-7)12(17)11-9(13)6-15-16(11)3/h4-6H,1-3H3. The summed E-state index contributed by atoms with van der Waals surface area (Å²) in [7, 11) is 1.74. The summed E-state index contributed by atoms with van der Waals surface area (Å²) >= 11 is 3.32. The predicted molar refractivity (Wildman–Crippen MR) is 68.1 cm³/mol. The average molecular weight is 294 g/mol. The molecule has 0 N–H and O–H groups in total. The Morgan fingerprint density at radius 3 is 2.59 bits per heavy atom. The normalized spacial score (nSPS) is 10.6. The van der Waals surface area contributed by atoms with Gasteiger partial charge in [-0.2, -0.15) is 5.10 Å². The number of nitrogens with zero attached hydrogens (tertiary/aromatic N) is 3. The van der Waals surface area contributed by atoms with Crippen LogP contribution in [0.25, 0.3) is 0 Å². The highest BCUT2D eigenvalue weighted by Crippen LogP contribution is 2.20. The predicted octanol–water partition coefficient (Wildman–Crippen LogP) is 2.43. The third-order valence-electron chi connectivity index (χ3n) is 2.54. The molecule has 0 unspecified atom stereocenters. The van der Waals surface area contributed by atoms with E-state index in [9.17, 15) is 4.79 Å². The molecular weight excluding hydrogens is 282 g/mol. The fraction of sp³-hybridized carbons (Fsp3) is 0.250. The first-order chi connectivity index (χ1) is 8.00. The minimum absolute atomic E-state index is 0.116. The van der Waals surface area contributed by atoms with Crippen LogP contribution in [0.1, 0.15) is 27.3 Å². The molecule has 2 aromatic heterocycles. The SMILES string of the molecule is Cc1cnc(C(=O)c2c(Br)cnn2C)c(C)c1. The van der Waals surface area contributed by atoms with Gasteiger partial charge in [-0.3, -0.25) is 14.5 Å². The highest BCUT2D eigenvalue weighted by Gasteiger charge is 2.20. The lowest BCUT2D eigenvalue weighted by atomic mass is 10.1. The molecule has 0 atom stereocenters. The van der Waals surface area contributed by atoms with Crippen LogP contribution < -0.4 is 0 Å². The molecule has 17 heavy (non-hydrogen) atoms. The maximum Gasteiger partial charge on any atom is 0.230 e. The van der Waals surface area contributed by atoms with Gasteiger partial charge in [0.15, 0.2) is 0 Å². The van der Waals surface area contributed by atoms with Gasteiger partial charge >= 0.3 is 0 Å². The molecule has 0 spiro atoms. The number of ketones is 1. The molecule has 0 amide bonds. The van der Waals surface area contributed by atoms with Crippen LogP contribution in [0.5, 0.6) is 0 Å². The minimum Gasteiger partial charge on any atom is -0.285 e. The summed E-state index contributed by atoms with van der Waals surface area (Å²) in [6.45, 7) is 3.84. The molecule has 0 aromatic carbocycles. The van der Waals surface area contributed by atoms with Gasteiger partial charge in [-0.05, 0) is 40.9 Å². The summed E-state index contributed by atoms with van der Waals surface area (Å²) in [4.78, 5) is 16.5. The monoisotopic (exact) mass is 293 g/mol. The van der Waals surface area contributed by atoms with Gasteiger partial charge in [0.1, 0.15) is 11.4 Å². The summed E-state index contributed by atoms with van der Waals surface area (Å²) in [5.74, 6) is -0.116. The van der Waals surface area contributed by atoms with E-state index in [1.54, 1.807) is 24.1 Å². The molecule has 0 saturated heterocycles. The Morgan fingerprint density at radius 1 is 1.35 bits per heavy atom. The second kappa shape index (κ2) is 4.41. The molecule has 0 aliphatic heterocycles. The molecular formula is C12H12BrN3O. The van der Waals surface area contributed by atoms with Gasteiger partial charge in [0.2, 0.25) is 5.78 Å². The Balaban J connectivity index is 2.51. The van der Waals surface area contributed by atoms with Crippen molar-refractivity contribution in [3.05, 3.63) is 45.4 Å². The van der Waals surface area contributed by atoms with E-state index in [1.165, 1.54) is 0 Å². The van der Waals surface area contributed by atoms with E-state index in [0.29, 0.717) is 15.9 Å². The van der Waals surface area contributed by atoms with Crippen LogP contribution in [0.2, 0.25) is 0 Å². The molecule has 0 bridgehead atoms. The Morgan fingerprint density at radius 2 is 2.06 bits per heavy atom. The summed E-state index contributed by atoms with van der Waals surface area (Å²) in [5, 5.41) is 4.03. The van der Waals surface area contributed by atoms with Gasteiger partial charge in [-0.15, -0.1) is 0 Å². The number of rotatable bonds is 2. The van der Waals surface area contributed by atoms with Crippen LogP contribution in [0.4, 0.5) is 0 Å². The second-order valence-corrected chi connectivity index (χ2v) is 4.83. The Kier molecular flexibility index (Phi) is 3.11. The number of hydrogen-bond acceptors (Lipinski definition) is 3. The number of halogens is 1. The van der Waals surface area contributed by atoms with E-state index in [0.717, 1.165) is 11.1 Å². The molecule has 0 saturated carbocycles. The largest absolute Gasteiger partial charge is 0.285 e. The van der Waals surface area contributed by atoms with E-state index in [4.69, 9.17) is 0 Å². The molecule has 2 aromatic rings. The van der Waals surface area contributed by atoms with Gasteiger partial charge in [-0.1, -0.05) is 6.07 Å². The average Bonchev–Trinajstić information content (AvgIpc) is 2.58. The van der Waals surface area contributed by atoms with E-state index in [-0.39, 0.29) is 5.78 Å². The summed E-state index contributed by atoms with van der Waals surface area (Å²) in [6, 6.07) is 1.95. The summed E-state index contributed by atoms with van der Waals surface area (Å²) in [6.07, 6.45) is 3.31. The third kappa shape index (κ3) is 2.15. The van der Waals surface area contributed by atoms with Gasteiger partial charge in [-0.25, -0.2) is 0 Å². The molecule has 2 rings (SSSR count). The first kappa shape index (κ1) is 12.0. The van der Waals surface area contributed by atoms with Crippen molar-refractivity contribution in [2.24, 2.45) is 7.05 Å². The molecule has 5 heteroatoms. The van der Waals surface area contributed by atoms with Crippen molar-refractivity contribution in [2.45, 2.75) is 13.8 Å². The zero-order chi connectivity index (χ0) is 12.6. The highest BCUT2D eigenvalue weighted by atomic mass is 79.9. The molecule has 2 heterocycles. The zero-order valence-electron chi connectivity index (χ0n) is 9.86. The lowest BCUT2D eigenvalue weighted by Crippen LogP contribution is -2.12. The smallest absolute Gasteiger partial charge is 0.230 e. The van der Waals surface area contributed by atoms with Crippen LogP contribution in [0, 0.1) is 13.8 Å². The number of aryl methyl sites for hydroxylation is 3. The van der Waals surface area contributed by atoms with Gasteiger partial charge < -0.3 is 0 Å². The lowest BCUT2D eigenvalue weighted by Gasteiger charge is -2.05. The number of hydrogen-bond donors (Lipinski definition) is 0. The number of carbonyl (C=O) groups excluding carboxylic acids is 1. The summed E-state index contributed by atoms with van der Waals surface area (Å²) in [5.41, 5.74) is 2.91. The lowest BCUT2D eigenvalue weighted by molar-refractivity contribution is 0.102. The maximum atomic E-state index is 12.3. The number of aromatic nitrogens is 3. The number of pyridine rings is 1. The van der Waals surface area contributed by atoms with E-state index < -0.39 is 0 Å². The van der Waals surface area contributed by atoms with Crippen molar-refractivity contribution in [1.82, 2.24) is 14.8 Å². The van der Waals surface area contributed by atoms with E-state index >= 15 is 0 Å². The van der Waals surface area contributed by atoms with Crippen molar-refractivity contribution in [3.63, 3.8) is 0 Å². The van der Waals surface area contributed by atoms with Crippen LogP contribution in [-0.4, -0.2) is 20.5 Å². The molecule has 0 fully saturated rings.